The molecule has 5 nitrogen and oxygen atoms in total. The Bertz CT molecular complexity index is 2270. The van der Waals surface area contributed by atoms with E-state index in [1.165, 1.54) is 0 Å². The third-order valence-corrected chi connectivity index (χ3v) is 7.87. The van der Waals surface area contributed by atoms with Gasteiger partial charge >= 0.3 is 0 Å². The second-order valence-electron chi connectivity index (χ2n) is 10.8. The first-order valence-electron chi connectivity index (χ1n) is 14.6. The quantitative estimate of drug-likeness (QED) is 0.207. The molecule has 0 aliphatic rings. The minimum Gasteiger partial charge on any atom is -0.456 e. The van der Waals surface area contributed by atoms with Crippen molar-refractivity contribution >= 4 is 21.9 Å². The molecule has 208 valence electrons. The molecule has 8 aromatic rings. The van der Waals surface area contributed by atoms with Gasteiger partial charge in [-0.15, -0.1) is 0 Å². The predicted octanol–water partition coefficient (Wildman–Crippen LogP) is 9.81. The van der Waals surface area contributed by atoms with Crippen molar-refractivity contribution < 1.29 is 4.42 Å². The number of hydrogen-bond donors (Lipinski definition) is 0. The van der Waals surface area contributed by atoms with Crippen LogP contribution in [0.3, 0.4) is 0 Å². The summed E-state index contributed by atoms with van der Waals surface area (Å²) in [7, 11) is 0. The fourth-order valence-corrected chi connectivity index (χ4v) is 5.65. The zero-order valence-electron chi connectivity index (χ0n) is 24.0. The van der Waals surface area contributed by atoms with Crippen LogP contribution in [0.4, 0.5) is 0 Å². The van der Waals surface area contributed by atoms with Gasteiger partial charge in [-0.1, -0.05) is 103 Å². The molecule has 0 saturated carbocycles. The molecule has 3 aromatic heterocycles. The largest absolute Gasteiger partial charge is 0.456 e. The van der Waals surface area contributed by atoms with Crippen molar-refractivity contribution in [2.24, 2.45) is 0 Å². The third kappa shape index (κ3) is 4.71. The predicted molar refractivity (Wildman–Crippen MR) is 177 cm³/mol. The van der Waals surface area contributed by atoms with Gasteiger partial charge < -0.3 is 4.42 Å². The fourth-order valence-electron chi connectivity index (χ4n) is 5.65. The Labute approximate surface area is 254 Å². The van der Waals surface area contributed by atoms with Crippen molar-refractivity contribution in [3.63, 3.8) is 0 Å². The van der Waals surface area contributed by atoms with Crippen molar-refractivity contribution in [1.82, 2.24) is 19.9 Å². The number of benzene rings is 5. The highest BCUT2D eigenvalue weighted by molar-refractivity contribution is 6.12. The lowest BCUT2D eigenvalue weighted by Crippen LogP contribution is -2.00. The van der Waals surface area contributed by atoms with E-state index in [0.29, 0.717) is 17.5 Å². The molecule has 0 N–H and O–H groups in total. The van der Waals surface area contributed by atoms with E-state index < -0.39 is 0 Å². The van der Waals surface area contributed by atoms with Crippen LogP contribution in [0.25, 0.3) is 78.4 Å². The van der Waals surface area contributed by atoms with E-state index in [1.54, 1.807) is 0 Å². The molecule has 8 rings (SSSR count). The SMILES string of the molecule is Cc1ccc(-c2cccc(-c3nc(-c4ccccc4)nc(-c4ccc5c(c4)oc4cccc(-c6ccccc6)c45)n3)c2)cn1. The molecule has 0 aliphatic heterocycles. The summed E-state index contributed by atoms with van der Waals surface area (Å²) in [6.45, 7) is 1.99. The van der Waals surface area contributed by atoms with Gasteiger partial charge in [-0.05, 0) is 53.9 Å². The van der Waals surface area contributed by atoms with Gasteiger partial charge in [0.1, 0.15) is 11.2 Å². The minimum atomic E-state index is 0.585. The molecule has 0 amide bonds. The van der Waals surface area contributed by atoms with Crippen LogP contribution in [0.5, 0.6) is 0 Å². The van der Waals surface area contributed by atoms with Gasteiger partial charge in [0.2, 0.25) is 0 Å². The van der Waals surface area contributed by atoms with Crippen LogP contribution >= 0.6 is 0 Å². The van der Waals surface area contributed by atoms with E-state index in [9.17, 15) is 0 Å². The lowest BCUT2D eigenvalue weighted by atomic mass is 9.99. The van der Waals surface area contributed by atoms with Crippen LogP contribution in [-0.4, -0.2) is 19.9 Å². The topological polar surface area (TPSA) is 64.7 Å². The van der Waals surface area contributed by atoms with Gasteiger partial charge in [0.05, 0.1) is 0 Å². The van der Waals surface area contributed by atoms with Gasteiger partial charge in [0.15, 0.2) is 17.5 Å². The second-order valence-corrected chi connectivity index (χ2v) is 10.8. The summed E-state index contributed by atoms with van der Waals surface area (Å²) in [4.78, 5) is 19.3. The average Bonchev–Trinajstić information content (AvgIpc) is 3.47. The van der Waals surface area contributed by atoms with Crippen LogP contribution in [0.15, 0.2) is 144 Å². The van der Waals surface area contributed by atoms with Crippen molar-refractivity contribution in [2.45, 2.75) is 6.92 Å². The highest BCUT2D eigenvalue weighted by Crippen LogP contribution is 2.38. The minimum absolute atomic E-state index is 0.585. The van der Waals surface area contributed by atoms with Crippen molar-refractivity contribution in [3.05, 3.63) is 145 Å². The highest BCUT2D eigenvalue weighted by atomic mass is 16.3. The zero-order valence-corrected chi connectivity index (χ0v) is 24.0. The first-order valence-corrected chi connectivity index (χ1v) is 14.6. The molecule has 0 bridgehead atoms. The van der Waals surface area contributed by atoms with Gasteiger partial charge in [0.25, 0.3) is 0 Å². The highest BCUT2D eigenvalue weighted by Gasteiger charge is 2.17. The Morgan fingerprint density at radius 1 is 0.455 bits per heavy atom. The maximum Gasteiger partial charge on any atom is 0.164 e. The molecule has 0 unspecified atom stereocenters. The summed E-state index contributed by atoms with van der Waals surface area (Å²) in [5.74, 6) is 1.80. The standard InChI is InChI=1S/C39H26N4O/c1-25-18-19-31(24-40-25)28-14-8-15-29(22-28)38-41-37(27-12-6-3-7-13-27)42-39(43-38)30-20-21-33-35(23-30)44-34-17-9-16-32(36(33)34)26-10-4-2-5-11-26/h2-24H,1H3. The molecule has 0 saturated heterocycles. The maximum absolute atomic E-state index is 6.40. The summed E-state index contributed by atoms with van der Waals surface area (Å²) in [6.07, 6.45) is 1.90. The van der Waals surface area contributed by atoms with Gasteiger partial charge in [-0.3, -0.25) is 4.98 Å². The summed E-state index contributed by atoms with van der Waals surface area (Å²) >= 11 is 0. The van der Waals surface area contributed by atoms with Crippen LogP contribution in [0, 0.1) is 6.92 Å². The molecular formula is C39H26N4O. The molecule has 44 heavy (non-hydrogen) atoms. The third-order valence-electron chi connectivity index (χ3n) is 7.87. The van der Waals surface area contributed by atoms with E-state index in [0.717, 1.165) is 66.6 Å². The van der Waals surface area contributed by atoms with Crippen molar-refractivity contribution in [1.29, 1.82) is 0 Å². The Balaban J connectivity index is 1.28. The van der Waals surface area contributed by atoms with Gasteiger partial charge in [0, 0.05) is 44.9 Å². The number of aryl methyl sites for hydroxylation is 1. The smallest absolute Gasteiger partial charge is 0.164 e. The average molecular weight is 567 g/mol. The lowest BCUT2D eigenvalue weighted by molar-refractivity contribution is 0.669. The molecule has 5 aromatic carbocycles. The Hall–Kier alpha value is -5.94. The van der Waals surface area contributed by atoms with Crippen LogP contribution in [-0.2, 0) is 0 Å². The fraction of sp³-hybridized carbons (Fsp3) is 0.0256. The van der Waals surface area contributed by atoms with E-state index in [1.807, 2.05) is 85.9 Å². The van der Waals surface area contributed by atoms with Gasteiger partial charge in [-0.25, -0.2) is 15.0 Å². The molecule has 0 fully saturated rings. The molecule has 0 spiro atoms. The van der Waals surface area contributed by atoms with E-state index in [-0.39, 0.29) is 0 Å². The maximum atomic E-state index is 6.40. The van der Waals surface area contributed by atoms with E-state index >= 15 is 0 Å². The number of aromatic nitrogens is 4. The molecule has 0 aliphatic carbocycles. The molecular weight excluding hydrogens is 540 g/mol. The Morgan fingerprint density at radius 3 is 1.80 bits per heavy atom. The number of nitrogens with zero attached hydrogens (tertiary/aromatic N) is 4. The summed E-state index contributed by atoms with van der Waals surface area (Å²) in [5, 5.41) is 2.16. The lowest BCUT2D eigenvalue weighted by Gasteiger charge is -2.10. The Morgan fingerprint density at radius 2 is 1.07 bits per heavy atom. The molecule has 3 heterocycles. The van der Waals surface area contributed by atoms with Gasteiger partial charge in [-0.2, -0.15) is 0 Å². The summed E-state index contributed by atoms with van der Waals surface area (Å²) in [5.41, 5.74) is 9.70. The van der Waals surface area contributed by atoms with E-state index in [2.05, 4.69) is 65.6 Å². The second kappa shape index (κ2) is 10.7. The summed E-state index contributed by atoms with van der Waals surface area (Å²) < 4.78 is 6.40. The first kappa shape index (κ1) is 25.7. The van der Waals surface area contributed by atoms with Crippen LogP contribution in [0.1, 0.15) is 5.69 Å². The number of hydrogen-bond acceptors (Lipinski definition) is 5. The molecule has 5 heteroatoms. The number of furan rings is 1. The van der Waals surface area contributed by atoms with Crippen LogP contribution < -0.4 is 0 Å². The van der Waals surface area contributed by atoms with E-state index in [4.69, 9.17) is 19.4 Å². The first-order chi connectivity index (χ1) is 21.7. The Kier molecular flexibility index (Phi) is 6.27. The number of pyridine rings is 1. The molecule has 0 radical (unpaired) electrons. The van der Waals surface area contributed by atoms with Crippen molar-refractivity contribution in [3.8, 4) is 56.4 Å². The van der Waals surface area contributed by atoms with Crippen molar-refractivity contribution in [2.75, 3.05) is 0 Å². The monoisotopic (exact) mass is 566 g/mol. The number of fused-ring (bicyclic) bond motifs is 3. The molecule has 0 atom stereocenters. The van der Waals surface area contributed by atoms with Crippen LogP contribution in [0.2, 0.25) is 0 Å². The normalized spacial score (nSPS) is 11.3. The summed E-state index contributed by atoms with van der Waals surface area (Å²) in [6, 6.07) is 45.2. The number of rotatable bonds is 5. The zero-order chi connectivity index (χ0) is 29.5.